The molecule has 5 rings (SSSR count). The number of para-hydroxylation sites is 2. The monoisotopic (exact) mass is 570 g/mol. The molecule has 0 saturated carbocycles. The van der Waals surface area contributed by atoms with Crippen LogP contribution in [0.1, 0.15) is 57.2 Å². The summed E-state index contributed by atoms with van der Waals surface area (Å²) in [5.74, 6) is -0.591. The molecule has 3 heterocycles. The molecule has 0 saturated heterocycles. The lowest BCUT2D eigenvalue weighted by Crippen LogP contribution is -2.17. The van der Waals surface area contributed by atoms with Gasteiger partial charge in [0.05, 0.1) is 25.6 Å². The molecule has 0 spiro atoms. The molecule has 2 amide bonds. The molecule has 0 aliphatic rings. The number of carbonyl (C=O) groups excluding carboxylic acids is 2. The normalized spacial score (nSPS) is 11.6. The van der Waals surface area contributed by atoms with Gasteiger partial charge in [0.25, 0.3) is 11.8 Å². The number of amides is 2. The SMILES string of the molecule is CCCOc1c(C(=O)N/N=C\c2c[nH]c3ccccc23)sc(C(=O)N/N=C/c2c[nH]c3ccccc23)c1OCCC. The molecule has 3 aromatic heterocycles. The molecule has 0 fully saturated rings. The highest BCUT2D eigenvalue weighted by molar-refractivity contribution is 7.16. The van der Waals surface area contributed by atoms with Crippen molar-refractivity contribution in [3.63, 3.8) is 0 Å². The van der Waals surface area contributed by atoms with Gasteiger partial charge >= 0.3 is 0 Å². The highest BCUT2D eigenvalue weighted by Crippen LogP contribution is 2.43. The first-order chi connectivity index (χ1) is 20.1. The average molecular weight is 571 g/mol. The number of benzene rings is 2. The van der Waals surface area contributed by atoms with Gasteiger partial charge in [-0.05, 0) is 25.0 Å². The van der Waals surface area contributed by atoms with Crippen LogP contribution in [0.5, 0.6) is 11.5 Å². The Kier molecular flexibility index (Phi) is 8.75. The molecule has 0 aliphatic carbocycles. The zero-order chi connectivity index (χ0) is 28.6. The summed E-state index contributed by atoms with van der Waals surface area (Å²) in [5, 5.41) is 10.3. The van der Waals surface area contributed by atoms with Crippen LogP contribution in [0.15, 0.2) is 71.1 Å². The summed E-state index contributed by atoms with van der Waals surface area (Å²) >= 11 is 0.970. The number of hydrogen-bond donors (Lipinski definition) is 4. The molecule has 0 bridgehead atoms. The van der Waals surface area contributed by atoms with Crippen molar-refractivity contribution >= 4 is 57.4 Å². The fraction of sp³-hybridized carbons (Fsp3) is 0.200. The Hall–Kier alpha value is -4.90. The third-order valence-electron chi connectivity index (χ3n) is 6.12. The molecule has 0 atom stereocenters. The van der Waals surface area contributed by atoms with Gasteiger partial charge in [-0.3, -0.25) is 9.59 Å². The van der Waals surface area contributed by atoms with E-state index in [9.17, 15) is 9.59 Å². The van der Waals surface area contributed by atoms with Crippen molar-refractivity contribution in [1.82, 2.24) is 20.8 Å². The second-order valence-corrected chi connectivity index (χ2v) is 10.1. The van der Waals surface area contributed by atoms with Crippen molar-refractivity contribution < 1.29 is 19.1 Å². The minimum Gasteiger partial charge on any atom is -0.488 e. The van der Waals surface area contributed by atoms with Crippen LogP contribution in [0.4, 0.5) is 0 Å². The maximum absolute atomic E-state index is 13.3. The number of fused-ring (bicyclic) bond motifs is 2. The second-order valence-electron chi connectivity index (χ2n) is 9.09. The van der Waals surface area contributed by atoms with Crippen molar-refractivity contribution in [3.05, 3.63) is 81.8 Å². The first kappa shape index (κ1) is 27.7. The van der Waals surface area contributed by atoms with Crippen molar-refractivity contribution in [2.75, 3.05) is 13.2 Å². The molecular formula is C30H30N6O4S. The molecule has 10 nitrogen and oxygen atoms in total. The Labute approximate surface area is 240 Å². The molecular weight excluding hydrogens is 540 g/mol. The quantitative estimate of drug-likeness (QED) is 0.111. The molecule has 4 N–H and O–H groups in total. The van der Waals surface area contributed by atoms with Crippen LogP contribution in [-0.4, -0.2) is 47.4 Å². The van der Waals surface area contributed by atoms with Gasteiger partial charge in [-0.25, -0.2) is 10.9 Å². The number of hydrazone groups is 2. The standard InChI is InChI=1S/C30H30N6O4S/c1-3-13-39-25-26(40-14-4-2)28(30(38)36-34-18-20-16-32-24-12-8-6-10-22(20)24)41-27(25)29(37)35-33-17-19-15-31-23-11-7-5-9-21(19)23/h5-12,15-18,31-32H,3-4,13-14H2,1-2H3,(H,35,37)(H,36,38)/b33-17-,34-18+. The van der Waals surface area contributed by atoms with Crippen molar-refractivity contribution in [3.8, 4) is 11.5 Å². The number of carbonyl (C=O) groups is 2. The fourth-order valence-corrected chi connectivity index (χ4v) is 5.16. The second kappa shape index (κ2) is 13.0. The Balaban J connectivity index is 1.38. The minimum absolute atomic E-state index is 0.186. The lowest BCUT2D eigenvalue weighted by molar-refractivity contribution is 0.0945. The highest BCUT2D eigenvalue weighted by atomic mass is 32.1. The number of thiophene rings is 1. The number of H-pyrrole nitrogens is 2. The van der Waals surface area contributed by atoms with Crippen LogP contribution in [0.3, 0.4) is 0 Å². The van der Waals surface area contributed by atoms with Crippen molar-refractivity contribution in [2.45, 2.75) is 26.7 Å². The van der Waals surface area contributed by atoms with E-state index < -0.39 is 11.8 Å². The van der Waals surface area contributed by atoms with Gasteiger partial charge in [0.2, 0.25) is 0 Å². The largest absolute Gasteiger partial charge is 0.488 e. The molecule has 11 heteroatoms. The van der Waals surface area contributed by atoms with Crippen LogP contribution >= 0.6 is 11.3 Å². The Bertz CT molecular complexity index is 1610. The topological polar surface area (TPSA) is 133 Å². The average Bonchev–Trinajstić information content (AvgIpc) is 3.70. The summed E-state index contributed by atoms with van der Waals surface area (Å²) in [5.41, 5.74) is 8.71. The third kappa shape index (κ3) is 6.15. The summed E-state index contributed by atoms with van der Waals surface area (Å²) < 4.78 is 11.9. The number of nitrogens with one attached hydrogen (secondary N) is 4. The van der Waals surface area contributed by atoms with Gasteiger partial charge in [0, 0.05) is 45.3 Å². The van der Waals surface area contributed by atoms with E-state index in [4.69, 9.17) is 9.47 Å². The van der Waals surface area contributed by atoms with E-state index in [0.29, 0.717) is 26.1 Å². The van der Waals surface area contributed by atoms with E-state index in [0.717, 1.165) is 44.3 Å². The predicted octanol–water partition coefficient (Wildman–Crippen LogP) is 5.82. The molecule has 2 aromatic carbocycles. The van der Waals surface area contributed by atoms with E-state index in [1.165, 1.54) is 0 Å². The Morgan fingerprint density at radius 2 is 1.20 bits per heavy atom. The van der Waals surface area contributed by atoms with Gasteiger partial charge < -0.3 is 19.4 Å². The molecule has 0 radical (unpaired) electrons. The number of aromatic nitrogens is 2. The fourth-order valence-electron chi connectivity index (χ4n) is 4.19. The Morgan fingerprint density at radius 3 is 1.63 bits per heavy atom. The number of ether oxygens (including phenoxy) is 2. The van der Waals surface area contributed by atoms with Crippen LogP contribution in [-0.2, 0) is 0 Å². The van der Waals surface area contributed by atoms with E-state index in [1.807, 2.05) is 74.8 Å². The Morgan fingerprint density at radius 1 is 0.756 bits per heavy atom. The molecule has 0 unspecified atom stereocenters. The van der Waals surface area contributed by atoms with Gasteiger partial charge in [0.1, 0.15) is 9.75 Å². The zero-order valence-corrected chi connectivity index (χ0v) is 23.5. The van der Waals surface area contributed by atoms with Crippen LogP contribution < -0.4 is 20.3 Å². The lowest BCUT2D eigenvalue weighted by Gasteiger charge is -2.10. The van der Waals surface area contributed by atoms with Crippen molar-refractivity contribution in [1.29, 1.82) is 0 Å². The van der Waals surface area contributed by atoms with Crippen molar-refractivity contribution in [2.24, 2.45) is 10.2 Å². The van der Waals surface area contributed by atoms with E-state index in [-0.39, 0.29) is 21.3 Å². The number of rotatable bonds is 12. The van der Waals surface area contributed by atoms with Gasteiger partial charge in [-0.2, -0.15) is 10.2 Å². The van der Waals surface area contributed by atoms with Gasteiger partial charge in [-0.15, -0.1) is 11.3 Å². The maximum Gasteiger partial charge on any atom is 0.285 e. The first-order valence-electron chi connectivity index (χ1n) is 13.3. The summed E-state index contributed by atoms with van der Waals surface area (Å²) in [6.07, 6.45) is 8.18. The zero-order valence-electron chi connectivity index (χ0n) is 22.7. The van der Waals surface area contributed by atoms with E-state index in [2.05, 4.69) is 31.0 Å². The smallest absolute Gasteiger partial charge is 0.285 e. The predicted molar refractivity (Wildman–Crippen MR) is 163 cm³/mol. The van der Waals surface area contributed by atoms with Crippen LogP contribution in [0.2, 0.25) is 0 Å². The van der Waals surface area contributed by atoms with Crippen LogP contribution in [0.25, 0.3) is 21.8 Å². The molecule has 210 valence electrons. The van der Waals surface area contributed by atoms with Gasteiger partial charge in [-0.1, -0.05) is 50.2 Å². The summed E-state index contributed by atoms with van der Waals surface area (Å²) in [6.45, 7) is 4.60. The number of aromatic amines is 2. The van der Waals surface area contributed by atoms with Gasteiger partial charge in [0.15, 0.2) is 11.5 Å². The number of hydrogen-bond acceptors (Lipinski definition) is 7. The molecule has 41 heavy (non-hydrogen) atoms. The van der Waals surface area contributed by atoms with E-state index >= 15 is 0 Å². The highest BCUT2D eigenvalue weighted by Gasteiger charge is 2.29. The van der Waals surface area contributed by atoms with Crippen LogP contribution in [0, 0.1) is 0 Å². The summed E-state index contributed by atoms with van der Waals surface area (Å²) in [7, 11) is 0. The molecule has 0 aliphatic heterocycles. The molecule has 5 aromatic rings. The summed E-state index contributed by atoms with van der Waals surface area (Å²) in [6, 6.07) is 15.6. The first-order valence-corrected chi connectivity index (χ1v) is 14.1. The number of nitrogens with zero attached hydrogens (tertiary/aromatic N) is 2. The third-order valence-corrected chi connectivity index (χ3v) is 7.27. The lowest BCUT2D eigenvalue weighted by atomic mass is 10.2. The van der Waals surface area contributed by atoms with E-state index in [1.54, 1.807) is 12.4 Å². The maximum atomic E-state index is 13.3. The summed E-state index contributed by atoms with van der Waals surface area (Å²) in [4.78, 5) is 33.2. The minimum atomic E-state index is -0.514.